The molecule has 0 spiro atoms. The fourth-order valence-electron chi connectivity index (χ4n) is 2.58. The minimum Gasteiger partial charge on any atom is -0.493 e. The standard InChI is InChI=1S/C13H17F2NO/c1-17-12-9(5-6-10(14)11(12)15)13(16)7-3-2-4-8-13/h5-6H,2-4,7-8,16H2,1H3. The Hall–Kier alpha value is -1.16. The number of ether oxygens (including phenoxy) is 1. The van der Waals surface area contributed by atoms with Gasteiger partial charge in [-0.2, -0.15) is 4.39 Å². The molecule has 1 saturated carbocycles. The molecular weight excluding hydrogens is 224 g/mol. The first-order valence-corrected chi connectivity index (χ1v) is 5.90. The molecule has 0 aromatic heterocycles. The molecule has 1 fully saturated rings. The first-order valence-electron chi connectivity index (χ1n) is 5.90. The van der Waals surface area contributed by atoms with Gasteiger partial charge in [0, 0.05) is 11.1 Å². The molecule has 0 heterocycles. The van der Waals surface area contributed by atoms with Gasteiger partial charge in [-0.3, -0.25) is 0 Å². The quantitative estimate of drug-likeness (QED) is 0.863. The highest BCUT2D eigenvalue weighted by Gasteiger charge is 2.33. The van der Waals surface area contributed by atoms with Gasteiger partial charge in [0.15, 0.2) is 11.6 Å². The van der Waals surface area contributed by atoms with Gasteiger partial charge in [-0.25, -0.2) is 4.39 Å². The van der Waals surface area contributed by atoms with Crippen LogP contribution in [0.5, 0.6) is 5.75 Å². The summed E-state index contributed by atoms with van der Waals surface area (Å²) in [5.74, 6) is -1.89. The molecule has 0 bridgehead atoms. The van der Waals surface area contributed by atoms with E-state index in [4.69, 9.17) is 10.5 Å². The predicted octanol–water partition coefficient (Wildman–Crippen LogP) is 3.09. The van der Waals surface area contributed by atoms with Gasteiger partial charge < -0.3 is 10.5 Å². The van der Waals surface area contributed by atoms with Gasteiger partial charge in [-0.15, -0.1) is 0 Å². The van der Waals surface area contributed by atoms with Crippen molar-refractivity contribution < 1.29 is 13.5 Å². The van der Waals surface area contributed by atoms with Gasteiger partial charge in [-0.1, -0.05) is 25.3 Å². The van der Waals surface area contributed by atoms with Gasteiger partial charge >= 0.3 is 0 Å². The number of hydrogen-bond acceptors (Lipinski definition) is 2. The van der Waals surface area contributed by atoms with Gasteiger partial charge in [0.05, 0.1) is 7.11 Å². The molecule has 1 aromatic carbocycles. The highest BCUT2D eigenvalue weighted by atomic mass is 19.2. The first kappa shape index (κ1) is 12.3. The maximum Gasteiger partial charge on any atom is 0.200 e. The zero-order valence-electron chi connectivity index (χ0n) is 9.93. The zero-order chi connectivity index (χ0) is 12.5. The molecule has 2 rings (SSSR count). The van der Waals surface area contributed by atoms with Crippen molar-refractivity contribution in [2.45, 2.75) is 37.6 Å². The second kappa shape index (κ2) is 4.61. The van der Waals surface area contributed by atoms with Crippen molar-refractivity contribution in [1.29, 1.82) is 0 Å². The molecule has 0 amide bonds. The van der Waals surface area contributed by atoms with E-state index in [0.29, 0.717) is 5.56 Å². The van der Waals surface area contributed by atoms with Gasteiger partial charge in [0.25, 0.3) is 0 Å². The van der Waals surface area contributed by atoms with E-state index in [0.717, 1.165) is 38.2 Å². The van der Waals surface area contributed by atoms with Crippen LogP contribution in [-0.2, 0) is 5.54 Å². The summed E-state index contributed by atoms with van der Waals surface area (Å²) in [4.78, 5) is 0. The third-order valence-corrected chi connectivity index (χ3v) is 3.54. The molecule has 4 heteroatoms. The Morgan fingerprint density at radius 1 is 1.18 bits per heavy atom. The van der Waals surface area contributed by atoms with E-state index in [-0.39, 0.29) is 5.75 Å². The van der Waals surface area contributed by atoms with Crippen LogP contribution in [0.4, 0.5) is 8.78 Å². The average molecular weight is 241 g/mol. The SMILES string of the molecule is COc1c(C2(N)CCCCC2)ccc(F)c1F. The van der Waals surface area contributed by atoms with Crippen LogP contribution in [0.25, 0.3) is 0 Å². The summed E-state index contributed by atoms with van der Waals surface area (Å²) in [6.07, 6.45) is 4.74. The Labute approximate surface area is 99.8 Å². The zero-order valence-corrected chi connectivity index (χ0v) is 9.93. The maximum atomic E-state index is 13.6. The molecule has 1 aromatic rings. The predicted molar refractivity (Wildman–Crippen MR) is 61.9 cm³/mol. The lowest BCUT2D eigenvalue weighted by Gasteiger charge is -2.34. The van der Waals surface area contributed by atoms with Crippen LogP contribution in [0, 0.1) is 11.6 Å². The lowest BCUT2D eigenvalue weighted by atomic mass is 9.77. The van der Waals surface area contributed by atoms with E-state index in [9.17, 15) is 8.78 Å². The van der Waals surface area contributed by atoms with Crippen LogP contribution in [-0.4, -0.2) is 7.11 Å². The van der Waals surface area contributed by atoms with E-state index >= 15 is 0 Å². The average Bonchev–Trinajstić information content (AvgIpc) is 2.33. The van der Waals surface area contributed by atoms with Crippen molar-refractivity contribution in [3.8, 4) is 5.75 Å². The van der Waals surface area contributed by atoms with E-state index in [2.05, 4.69) is 0 Å². The van der Waals surface area contributed by atoms with Crippen molar-refractivity contribution in [2.24, 2.45) is 5.73 Å². The topological polar surface area (TPSA) is 35.2 Å². The smallest absolute Gasteiger partial charge is 0.200 e. The van der Waals surface area contributed by atoms with Crippen molar-refractivity contribution in [1.82, 2.24) is 0 Å². The van der Waals surface area contributed by atoms with Crippen LogP contribution in [0.1, 0.15) is 37.7 Å². The van der Waals surface area contributed by atoms with E-state index < -0.39 is 17.2 Å². The summed E-state index contributed by atoms with van der Waals surface area (Å²) in [7, 11) is 1.34. The third-order valence-electron chi connectivity index (χ3n) is 3.54. The third kappa shape index (κ3) is 2.14. The Morgan fingerprint density at radius 2 is 1.82 bits per heavy atom. The summed E-state index contributed by atoms with van der Waals surface area (Å²) in [6.45, 7) is 0. The van der Waals surface area contributed by atoms with E-state index in [1.165, 1.54) is 7.11 Å². The van der Waals surface area contributed by atoms with Crippen LogP contribution in [0.3, 0.4) is 0 Å². The number of methoxy groups -OCH3 is 1. The minimum atomic E-state index is -0.944. The molecule has 2 nitrogen and oxygen atoms in total. The number of nitrogens with two attached hydrogens (primary N) is 1. The lowest BCUT2D eigenvalue weighted by Crippen LogP contribution is -2.39. The highest BCUT2D eigenvalue weighted by Crippen LogP contribution is 2.40. The second-order valence-corrected chi connectivity index (χ2v) is 4.66. The van der Waals surface area contributed by atoms with Crippen LogP contribution in [0.15, 0.2) is 12.1 Å². The largest absolute Gasteiger partial charge is 0.493 e. The maximum absolute atomic E-state index is 13.6. The molecule has 0 unspecified atom stereocenters. The lowest BCUT2D eigenvalue weighted by molar-refractivity contribution is 0.281. The molecule has 2 N–H and O–H groups in total. The fourth-order valence-corrected chi connectivity index (χ4v) is 2.58. The molecular formula is C13H17F2NO. The van der Waals surface area contributed by atoms with Gasteiger partial charge in [0.1, 0.15) is 0 Å². The molecule has 1 aliphatic carbocycles. The summed E-state index contributed by atoms with van der Waals surface area (Å²) >= 11 is 0. The monoisotopic (exact) mass is 241 g/mol. The Balaban J connectivity index is 2.47. The van der Waals surface area contributed by atoms with Crippen LogP contribution >= 0.6 is 0 Å². The number of rotatable bonds is 2. The van der Waals surface area contributed by atoms with Crippen molar-refractivity contribution in [3.63, 3.8) is 0 Å². The number of halogens is 2. The Morgan fingerprint density at radius 3 is 2.41 bits per heavy atom. The molecule has 0 aliphatic heterocycles. The van der Waals surface area contributed by atoms with Gasteiger partial charge in [-0.05, 0) is 18.9 Å². The Kier molecular flexibility index (Phi) is 3.33. The highest BCUT2D eigenvalue weighted by molar-refractivity contribution is 5.41. The molecule has 0 atom stereocenters. The first-order chi connectivity index (χ1) is 8.08. The second-order valence-electron chi connectivity index (χ2n) is 4.66. The van der Waals surface area contributed by atoms with Crippen molar-refractivity contribution >= 4 is 0 Å². The van der Waals surface area contributed by atoms with E-state index in [1.807, 2.05) is 0 Å². The molecule has 1 aliphatic rings. The molecule has 0 radical (unpaired) electrons. The summed E-state index contributed by atoms with van der Waals surface area (Å²) < 4.78 is 31.8. The summed E-state index contributed by atoms with van der Waals surface area (Å²) in [6, 6.07) is 2.67. The molecule has 94 valence electrons. The van der Waals surface area contributed by atoms with Gasteiger partial charge in [0.2, 0.25) is 5.82 Å². The Bertz CT molecular complexity index is 414. The molecule has 0 saturated heterocycles. The van der Waals surface area contributed by atoms with Crippen molar-refractivity contribution in [2.75, 3.05) is 7.11 Å². The fraction of sp³-hybridized carbons (Fsp3) is 0.538. The normalized spacial score (nSPS) is 19.1. The van der Waals surface area contributed by atoms with Crippen LogP contribution < -0.4 is 10.5 Å². The molecule has 17 heavy (non-hydrogen) atoms. The summed E-state index contributed by atoms with van der Waals surface area (Å²) in [5.41, 5.74) is 6.30. The van der Waals surface area contributed by atoms with Crippen molar-refractivity contribution in [3.05, 3.63) is 29.3 Å². The minimum absolute atomic E-state index is 0.0469. The van der Waals surface area contributed by atoms with E-state index in [1.54, 1.807) is 6.07 Å². The number of benzene rings is 1. The number of hydrogen-bond donors (Lipinski definition) is 1. The van der Waals surface area contributed by atoms with Crippen LogP contribution in [0.2, 0.25) is 0 Å². The summed E-state index contributed by atoms with van der Waals surface area (Å²) in [5, 5.41) is 0.